The van der Waals surface area contributed by atoms with Crippen LogP contribution in [-0.4, -0.2) is 16.7 Å². The Morgan fingerprint density at radius 3 is 2.18 bits per heavy atom. The lowest BCUT2D eigenvalue weighted by Crippen LogP contribution is -2.20. The second kappa shape index (κ2) is 10.4. The average molecular weight is 449 g/mol. The second-order valence-corrected chi connectivity index (χ2v) is 7.71. The summed E-state index contributed by atoms with van der Waals surface area (Å²) in [4.78, 5) is 29.0. The highest BCUT2D eigenvalue weighted by molar-refractivity contribution is 6.05. The van der Waals surface area contributed by atoms with Gasteiger partial charge in [-0.1, -0.05) is 72.8 Å². The van der Waals surface area contributed by atoms with Gasteiger partial charge in [-0.3, -0.25) is 9.59 Å². The topological polar surface area (TPSA) is 111 Å². The molecule has 0 aliphatic heterocycles. The van der Waals surface area contributed by atoms with Crippen LogP contribution in [0.2, 0.25) is 0 Å². The number of nitrogens with zero attached hydrogens (tertiary/aromatic N) is 1. The number of ketones is 1. The normalized spacial score (nSPS) is 11.8. The molecule has 1 heterocycles. The third-order valence-corrected chi connectivity index (χ3v) is 5.38. The molecule has 0 spiro atoms. The maximum Gasteiger partial charge on any atom is 0.255 e. The number of carbonyl (C=O) groups excluding carboxylic acids is 2. The van der Waals surface area contributed by atoms with E-state index in [4.69, 9.17) is 11.5 Å². The van der Waals surface area contributed by atoms with Gasteiger partial charge >= 0.3 is 0 Å². The minimum Gasteiger partial charge on any atom is -0.382 e. The highest BCUT2D eigenvalue weighted by atomic mass is 16.1. The van der Waals surface area contributed by atoms with Crippen molar-refractivity contribution in [3.63, 3.8) is 0 Å². The van der Waals surface area contributed by atoms with E-state index in [-0.39, 0.29) is 17.5 Å². The molecule has 0 aliphatic carbocycles. The van der Waals surface area contributed by atoms with Crippen LogP contribution in [0.15, 0.2) is 103 Å². The van der Waals surface area contributed by atoms with Gasteiger partial charge < -0.3 is 16.8 Å². The van der Waals surface area contributed by atoms with Crippen molar-refractivity contribution in [3.8, 4) is 11.1 Å². The minimum absolute atomic E-state index is 0.229. The number of rotatable bonds is 7. The van der Waals surface area contributed by atoms with E-state index in [1.807, 2.05) is 42.5 Å². The molecule has 0 saturated carbocycles. The molecule has 6 nitrogen and oxygen atoms in total. The molecule has 0 aliphatic rings. The van der Waals surface area contributed by atoms with Crippen LogP contribution in [0.1, 0.15) is 27.5 Å². The molecule has 1 amide bonds. The van der Waals surface area contributed by atoms with E-state index in [2.05, 4.69) is 22.4 Å². The first-order valence-corrected chi connectivity index (χ1v) is 10.8. The minimum atomic E-state index is -0.828. The van der Waals surface area contributed by atoms with Crippen molar-refractivity contribution in [1.82, 2.24) is 4.98 Å². The Bertz CT molecular complexity index is 1310. The van der Waals surface area contributed by atoms with Crippen molar-refractivity contribution in [1.29, 1.82) is 0 Å². The van der Waals surface area contributed by atoms with E-state index >= 15 is 0 Å². The van der Waals surface area contributed by atoms with Crippen LogP contribution in [-0.2, 0) is 4.79 Å². The van der Waals surface area contributed by atoms with Crippen LogP contribution in [0, 0.1) is 0 Å². The van der Waals surface area contributed by atoms with Crippen molar-refractivity contribution < 1.29 is 9.59 Å². The van der Waals surface area contributed by atoms with E-state index in [0.717, 1.165) is 16.7 Å². The van der Waals surface area contributed by atoms with Crippen LogP contribution >= 0.6 is 0 Å². The van der Waals surface area contributed by atoms with Crippen LogP contribution < -0.4 is 16.8 Å². The van der Waals surface area contributed by atoms with E-state index in [1.54, 1.807) is 48.7 Å². The molecule has 5 N–H and O–H groups in total. The Labute approximate surface area is 198 Å². The SMILES string of the molecule is Nc1ncccc1NC(=O)c1ccc(C(N)C(=O)/C=C/c2ccc(-c3ccccc3)cc2)cc1. The number of amides is 1. The number of carbonyl (C=O) groups is 2. The lowest BCUT2D eigenvalue weighted by molar-refractivity contribution is -0.115. The van der Waals surface area contributed by atoms with Gasteiger partial charge in [0.15, 0.2) is 5.78 Å². The zero-order valence-corrected chi connectivity index (χ0v) is 18.4. The Kier molecular flexibility index (Phi) is 6.91. The van der Waals surface area contributed by atoms with Crippen LogP contribution in [0.4, 0.5) is 11.5 Å². The fourth-order valence-corrected chi connectivity index (χ4v) is 3.42. The quantitative estimate of drug-likeness (QED) is 0.350. The summed E-state index contributed by atoms with van der Waals surface area (Å²) in [5.74, 6) is -0.320. The summed E-state index contributed by atoms with van der Waals surface area (Å²) in [5.41, 5.74) is 16.5. The van der Waals surface area contributed by atoms with Gasteiger partial charge in [0.05, 0.1) is 11.7 Å². The van der Waals surface area contributed by atoms with Crippen LogP contribution in [0.3, 0.4) is 0 Å². The molecule has 0 radical (unpaired) electrons. The predicted octanol–water partition coefficient (Wildman–Crippen LogP) is 4.87. The molecular formula is C28H24N4O2. The monoisotopic (exact) mass is 448 g/mol. The van der Waals surface area contributed by atoms with E-state index < -0.39 is 6.04 Å². The van der Waals surface area contributed by atoms with Gasteiger partial charge in [-0.15, -0.1) is 0 Å². The van der Waals surface area contributed by atoms with Gasteiger partial charge in [-0.25, -0.2) is 4.98 Å². The van der Waals surface area contributed by atoms with Crippen molar-refractivity contribution in [3.05, 3.63) is 120 Å². The Balaban J connectivity index is 1.38. The third kappa shape index (κ3) is 5.43. The zero-order chi connectivity index (χ0) is 23.9. The number of benzene rings is 3. The molecule has 1 unspecified atom stereocenters. The molecule has 1 aromatic heterocycles. The number of nitrogens with two attached hydrogens (primary N) is 2. The Morgan fingerprint density at radius 2 is 1.50 bits per heavy atom. The lowest BCUT2D eigenvalue weighted by atomic mass is 10.0. The van der Waals surface area contributed by atoms with E-state index in [1.165, 1.54) is 6.08 Å². The molecule has 0 fully saturated rings. The van der Waals surface area contributed by atoms with Gasteiger partial charge in [0, 0.05) is 11.8 Å². The summed E-state index contributed by atoms with van der Waals surface area (Å²) in [7, 11) is 0. The highest BCUT2D eigenvalue weighted by Gasteiger charge is 2.15. The van der Waals surface area contributed by atoms with Crippen molar-refractivity contribution in [2.24, 2.45) is 5.73 Å². The maximum absolute atomic E-state index is 12.6. The molecule has 168 valence electrons. The molecule has 4 aromatic rings. The molecular weight excluding hydrogens is 424 g/mol. The molecule has 34 heavy (non-hydrogen) atoms. The Hall–Kier alpha value is -4.55. The number of anilines is 2. The van der Waals surface area contributed by atoms with Crippen molar-refractivity contribution in [2.45, 2.75) is 6.04 Å². The average Bonchev–Trinajstić information content (AvgIpc) is 2.89. The fraction of sp³-hybridized carbons (Fsp3) is 0.0357. The van der Waals surface area contributed by atoms with E-state index in [0.29, 0.717) is 16.8 Å². The van der Waals surface area contributed by atoms with Crippen molar-refractivity contribution >= 4 is 29.3 Å². The molecule has 1 atom stereocenters. The van der Waals surface area contributed by atoms with E-state index in [9.17, 15) is 9.59 Å². The zero-order valence-electron chi connectivity index (χ0n) is 18.4. The summed E-state index contributed by atoms with van der Waals surface area (Å²) in [6.07, 6.45) is 4.78. The van der Waals surface area contributed by atoms with Crippen LogP contribution in [0.25, 0.3) is 17.2 Å². The van der Waals surface area contributed by atoms with Gasteiger partial charge in [0.2, 0.25) is 0 Å². The molecule has 6 heteroatoms. The molecule has 0 bridgehead atoms. The Morgan fingerprint density at radius 1 is 0.824 bits per heavy atom. The summed E-state index contributed by atoms with van der Waals surface area (Å²) in [6.45, 7) is 0. The number of nitrogens with one attached hydrogen (secondary N) is 1. The smallest absolute Gasteiger partial charge is 0.255 e. The maximum atomic E-state index is 12.6. The first-order valence-electron chi connectivity index (χ1n) is 10.8. The summed E-state index contributed by atoms with van der Waals surface area (Å²) < 4.78 is 0. The third-order valence-electron chi connectivity index (χ3n) is 5.38. The number of aromatic nitrogens is 1. The van der Waals surface area contributed by atoms with Gasteiger partial charge in [-0.2, -0.15) is 0 Å². The highest BCUT2D eigenvalue weighted by Crippen LogP contribution is 2.21. The summed E-state index contributed by atoms with van der Waals surface area (Å²) >= 11 is 0. The summed E-state index contributed by atoms with van der Waals surface area (Å²) in [6, 6.07) is 27.2. The van der Waals surface area contributed by atoms with Crippen molar-refractivity contribution in [2.75, 3.05) is 11.1 Å². The lowest BCUT2D eigenvalue weighted by Gasteiger charge is -2.10. The van der Waals surface area contributed by atoms with Gasteiger partial charge in [0.25, 0.3) is 5.91 Å². The van der Waals surface area contributed by atoms with Crippen LogP contribution in [0.5, 0.6) is 0 Å². The molecule has 0 saturated heterocycles. The largest absolute Gasteiger partial charge is 0.382 e. The number of nitrogen functional groups attached to an aromatic ring is 1. The van der Waals surface area contributed by atoms with Gasteiger partial charge in [-0.05, 0) is 52.6 Å². The molecule has 4 rings (SSSR count). The summed E-state index contributed by atoms with van der Waals surface area (Å²) in [5, 5.41) is 2.71. The second-order valence-electron chi connectivity index (χ2n) is 7.71. The first kappa shape index (κ1) is 22.6. The number of pyridine rings is 1. The predicted molar refractivity (Wildman–Crippen MR) is 136 cm³/mol. The molecule has 3 aromatic carbocycles. The number of hydrogen-bond donors (Lipinski definition) is 3. The van der Waals surface area contributed by atoms with Gasteiger partial charge in [0.1, 0.15) is 5.82 Å². The standard InChI is InChI=1S/C28H24N4O2/c29-26(22-13-15-23(16-14-22)28(34)32-24-7-4-18-31-27(24)30)25(33)17-10-19-8-11-21(12-9-19)20-5-2-1-3-6-20/h1-18,26H,29H2,(H2,30,31)(H,32,34)/b17-10+. The fourth-order valence-electron chi connectivity index (χ4n) is 3.42. The number of hydrogen-bond acceptors (Lipinski definition) is 5. The first-order chi connectivity index (χ1) is 16.5.